The maximum absolute atomic E-state index is 12.2. The Morgan fingerprint density at radius 3 is 2.58 bits per heavy atom. The number of rotatable bonds is 2. The van der Waals surface area contributed by atoms with E-state index in [9.17, 15) is 4.79 Å². The third kappa shape index (κ3) is 2.09. The fourth-order valence-electron chi connectivity index (χ4n) is 4.97. The van der Waals surface area contributed by atoms with Crippen LogP contribution in [0.5, 0.6) is 0 Å². The van der Waals surface area contributed by atoms with E-state index in [1.54, 1.807) is 7.11 Å². The quantitative estimate of drug-likeness (QED) is 0.703. The molecule has 5 atom stereocenters. The van der Waals surface area contributed by atoms with Crippen LogP contribution in [0.1, 0.15) is 25.7 Å². The van der Waals surface area contributed by atoms with Gasteiger partial charge in [0.25, 0.3) is 0 Å². The van der Waals surface area contributed by atoms with Crippen molar-refractivity contribution in [2.45, 2.75) is 37.8 Å². The SMILES string of the molecule is COC(=O)C1C(C2CCCN(C)C2)C2CCC1N2C. The second kappa shape index (κ2) is 5.06. The molecule has 0 spiro atoms. The molecule has 0 amide bonds. The number of hydrogen-bond acceptors (Lipinski definition) is 4. The number of ether oxygens (including phenoxy) is 1. The molecule has 0 aliphatic carbocycles. The maximum Gasteiger partial charge on any atom is 0.310 e. The van der Waals surface area contributed by atoms with E-state index in [2.05, 4.69) is 23.9 Å². The fraction of sp³-hybridized carbons (Fsp3) is 0.933. The highest BCUT2D eigenvalue weighted by molar-refractivity contribution is 5.74. The number of fused-ring (bicyclic) bond motifs is 2. The molecule has 108 valence electrons. The van der Waals surface area contributed by atoms with E-state index in [-0.39, 0.29) is 11.9 Å². The molecule has 0 N–H and O–H groups in total. The largest absolute Gasteiger partial charge is 0.469 e. The van der Waals surface area contributed by atoms with E-state index in [1.807, 2.05) is 0 Å². The number of esters is 1. The predicted octanol–water partition coefficient (Wildman–Crippen LogP) is 1.21. The van der Waals surface area contributed by atoms with E-state index < -0.39 is 0 Å². The molecule has 2 bridgehead atoms. The van der Waals surface area contributed by atoms with Gasteiger partial charge in [-0.05, 0) is 58.2 Å². The molecule has 4 nitrogen and oxygen atoms in total. The van der Waals surface area contributed by atoms with Gasteiger partial charge in [0, 0.05) is 18.6 Å². The molecule has 19 heavy (non-hydrogen) atoms. The highest BCUT2D eigenvalue weighted by Crippen LogP contribution is 2.49. The molecular formula is C15H26N2O2. The molecule has 0 radical (unpaired) electrons. The first-order valence-corrected chi connectivity index (χ1v) is 7.61. The minimum atomic E-state index is 0.0253. The standard InChI is InChI=1S/C15H26N2O2/c1-16-8-4-5-10(9-16)13-11-6-7-12(17(11)2)14(13)15(18)19-3/h10-14H,4-9H2,1-3H3. The molecular weight excluding hydrogens is 240 g/mol. The van der Waals surface area contributed by atoms with Crippen LogP contribution in [0, 0.1) is 17.8 Å². The average molecular weight is 266 g/mol. The van der Waals surface area contributed by atoms with Crippen LogP contribution in [0.25, 0.3) is 0 Å². The Morgan fingerprint density at radius 2 is 1.89 bits per heavy atom. The van der Waals surface area contributed by atoms with Crippen molar-refractivity contribution in [3.05, 3.63) is 0 Å². The molecule has 3 fully saturated rings. The van der Waals surface area contributed by atoms with Crippen LogP contribution in [0.2, 0.25) is 0 Å². The first kappa shape index (κ1) is 13.4. The van der Waals surface area contributed by atoms with Crippen molar-refractivity contribution in [1.29, 1.82) is 0 Å². The lowest BCUT2D eigenvalue weighted by Crippen LogP contribution is -2.44. The number of piperidine rings is 1. The zero-order chi connectivity index (χ0) is 13.6. The van der Waals surface area contributed by atoms with E-state index in [4.69, 9.17) is 4.74 Å². The van der Waals surface area contributed by atoms with Gasteiger partial charge in [-0.25, -0.2) is 0 Å². The molecule has 3 heterocycles. The molecule has 0 aromatic rings. The number of carbonyl (C=O) groups is 1. The van der Waals surface area contributed by atoms with Gasteiger partial charge < -0.3 is 9.64 Å². The highest BCUT2D eigenvalue weighted by Gasteiger charge is 2.57. The third-order valence-corrected chi connectivity index (χ3v) is 5.76. The Labute approximate surface area is 116 Å². The number of nitrogens with zero attached hydrogens (tertiary/aromatic N) is 2. The third-order valence-electron chi connectivity index (χ3n) is 5.76. The lowest BCUT2D eigenvalue weighted by molar-refractivity contribution is -0.149. The number of likely N-dealkylation sites (tertiary alicyclic amines) is 1. The molecule has 4 heteroatoms. The van der Waals surface area contributed by atoms with E-state index in [1.165, 1.54) is 32.2 Å². The maximum atomic E-state index is 12.2. The molecule has 0 aromatic carbocycles. The second-order valence-electron chi connectivity index (χ2n) is 6.67. The van der Waals surface area contributed by atoms with Crippen LogP contribution in [0.4, 0.5) is 0 Å². The summed E-state index contributed by atoms with van der Waals surface area (Å²) >= 11 is 0. The van der Waals surface area contributed by atoms with E-state index in [0.29, 0.717) is 23.9 Å². The molecule has 0 aromatic heterocycles. The van der Waals surface area contributed by atoms with Gasteiger partial charge in [0.05, 0.1) is 13.0 Å². The van der Waals surface area contributed by atoms with Gasteiger partial charge in [-0.3, -0.25) is 9.69 Å². The number of methoxy groups -OCH3 is 1. The van der Waals surface area contributed by atoms with Crippen molar-refractivity contribution in [3.8, 4) is 0 Å². The van der Waals surface area contributed by atoms with Crippen molar-refractivity contribution in [1.82, 2.24) is 9.80 Å². The summed E-state index contributed by atoms with van der Waals surface area (Å²) in [7, 11) is 5.94. The first-order valence-electron chi connectivity index (χ1n) is 7.61. The topological polar surface area (TPSA) is 32.8 Å². The smallest absolute Gasteiger partial charge is 0.310 e. The van der Waals surface area contributed by atoms with E-state index >= 15 is 0 Å². The van der Waals surface area contributed by atoms with Crippen LogP contribution < -0.4 is 0 Å². The van der Waals surface area contributed by atoms with Crippen molar-refractivity contribution < 1.29 is 9.53 Å². The molecule has 3 aliphatic heterocycles. The van der Waals surface area contributed by atoms with Gasteiger partial charge in [0.1, 0.15) is 0 Å². The van der Waals surface area contributed by atoms with Gasteiger partial charge in [-0.15, -0.1) is 0 Å². The molecule has 3 saturated heterocycles. The summed E-state index contributed by atoms with van der Waals surface area (Å²) in [5, 5.41) is 0. The minimum Gasteiger partial charge on any atom is -0.469 e. The monoisotopic (exact) mass is 266 g/mol. The average Bonchev–Trinajstić information content (AvgIpc) is 2.91. The molecule has 0 saturated carbocycles. The Hall–Kier alpha value is -0.610. The molecule has 5 unspecified atom stereocenters. The van der Waals surface area contributed by atoms with Crippen LogP contribution >= 0.6 is 0 Å². The summed E-state index contributed by atoms with van der Waals surface area (Å²) < 4.78 is 5.10. The summed E-state index contributed by atoms with van der Waals surface area (Å²) in [4.78, 5) is 17.1. The van der Waals surface area contributed by atoms with Crippen molar-refractivity contribution in [2.24, 2.45) is 17.8 Å². The number of hydrogen-bond donors (Lipinski definition) is 0. The summed E-state index contributed by atoms with van der Waals surface area (Å²) in [6.07, 6.45) is 4.98. The Bertz CT molecular complexity index is 360. The second-order valence-corrected chi connectivity index (χ2v) is 6.67. The zero-order valence-electron chi connectivity index (χ0n) is 12.3. The van der Waals surface area contributed by atoms with Gasteiger partial charge in [0.2, 0.25) is 0 Å². The summed E-state index contributed by atoms with van der Waals surface area (Å²) in [6.45, 7) is 2.35. The van der Waals surface area contributed by atoms with Gasteiger partial charge in [-0.2, -0.15) is 0 Å². The van der Waals surface area contributed by atoms with Crippen molar-refractivity contribution in [2.75, 3.05) is 34.3 Å². The Kier molecular flexibility index (Phi) is 3.56. The van der Waals surface area contributed by atoms with Crippen molar-refractivity contribution in [3.63, 3.8) is 0 Å². The van der Waals surface area contributed by atoms with Gasteiger partial charge >= 0.3 is 5.97 Å². The fourth-order valence-corrected chi connectivity index (χ4v) is 4.97. The highest BCUT2D eigenvalue weighted by atomic mass is 16.5. The first-order chi connectivity index (χ1) is 9.13. The van der Waals surface area contributed by atoms with Crippen LogP contribution in [-0.2, 0) is 9.53 Å². The zero-order valence-corrected chi connectivity index (χ0v) is 12.3. The normalized spacial score (nSPS) is 43.6. The van der Waals surface area contributed by atoms with Crippen molar-refractivity contribution >= 4 is 5.97 Å². The summed E-state index contributed by atoms with van der Waals surface area (Å²) in [5.74, 6) is 1.32. The predicted molar refractivity (Wildman–Crippen MR) is 73.8 cm³/mol. The van der Waals surface area contributed by atoms with Gasteiger partial charge in [-0.1, -0.05) is 0 Å². The summed E-state index contributed by atoms with van der Waals surface area (Å²) in [5.41, 5.74) is 0. The van der Waals surface area contributed by atoms with Crippen LogP contribution in [0.15, 0.2) is 0 Å². The number of carbonyl (C=O) groups excluding carboxylic acids is 1. The lowest BCUT2D eigenvalue weighted by atomic mass is 9.70. The lowest BCUT2D eigenvalue weighted by Gasteiger charge is -2.39. The van der Waals surface area contributed by atoms with Crippen LogP contribution in [-0.4, -0.2) is 62.1 Å². The Morgan fingerprint density at radius 1 is 1.16 bits per heavy atom. The van der Waals surface area contributed by atoms with E-state index in [0.717, 1.165) is 6.54 Å². The molecule has 3 aliphatic rings. The summed E-state index contributed by atoms with van der Waals surface area (Å²) in [6, 6.07) is 1.03. The van der Waals surface area contributed by atoms with Gasteiger partial charge in [0.15, 0.2) is 0 Å². The molecule has 3 rings (SSSR count). The minimum absolute atomic E-state index is 0.0253. The van der Waals surface area contributed by atoms with Crippen LogP contribution in [0.3, 0.4) is 0 Å². The Balaban J connectivity index is 1.83.